The first-order valence-corrected chi connectivity index (χ1v) is 6.59. The van der Waals surface area contributed by atoms with Crippen LogP contribution in [0.25, 0.3) is 0 Å². The highest BCUT2D eigenvalue weighted by Gasteiger charge is 2.33. The third-order valence-corrected chi connectivity index (χ3v) is 3.35. The maximum absolute atomic E-state index is 12.4. The number of rotatable bonds is 6. The second-order valence-electron chi connectivity index (χ2n) is 5.37. The molecule has 2 unspecified atom stereocenters. The largest absolute Gasteiger partial charge is 0.383 e. The first kappa shape index (κ1) is 14.5. The van der Waals surface area contributed by atoms with E-state index in [2.05, 4.69) is 13.8 Å². The minimum Gasteiger partial charge on any atom is -0.383 e. The van der Waals surface area contributed by atoms with Gasteiger partial charge in [-0.1, -0.05) is 20.3 Å². The van der Waals surface area contributed by atoms with Crippen molar-refractivity contribution in [2.45, 2.75) is 39.2 Å². The summed E-state index contributed by atoms with van der Waals surface area (Å²) in [5, 5.41) is 0. The summed E-state index contributed by atoms with van der Waals surface area (Å²) in [6.07, 6.45) is 3.01. The molecule has 0 aromatic rings. The Morgan fingerprint density at radius 1 is 1.47 bits per heavy atom. The highest BCUT2D eigenvalue weighted by atomic mass is 16.5. The number of carbonyl (C=O) groups is 1. The molecule has 1 aliphatic carbocycles. The molecule has 0 aliphatic heterocycles. The van der Waals surface area contributed by atoms with Crippen LogP contribution in [0.4, 0.5) is 0 Å². The quantitative estimate of drug-likeness (QED) is 0.762. The van der Waals surface area contributed by atoms with Crippen molar-refractivity contribution in [1.82, 2.24) is 4.90 Å². The van der Waals surface area contributed by atoms with Gasteiger partial charge in [0.25, 0.3) is 0 Å². The average molecular weight is 242 g/mol. The molecule has 2 N–H and O–H groups in total. The normalized spacial score (nSPS) is 24.3. The van der Waals surface area contributed by atoms with Gasteiger partial charge in [0, 0.05) is 26.2 Å². The zero-order valence-electron chi connectivity index (χ0n) is 11.3. The third-order valence-electron chi connectivity index (χ3n) is 3.35. The van der Waals surface area contributed by atoms with Crippen molar-refractivity contribution < 1.29 is 9.53 Å². The average Bonchev–Trinajstić information content (AvgIpc) is 2.69. The molecule has 4 nitrogen and oxygen atoms in total. The Morgan fingerprint density at radius 2 is 2.18 bits per heavy atom. The van der Waals surface area contributed by atoms with Crippen LogP contribution in [0.3, 0.4) is 0 Å². The molecule has 1 saturated carbocycles. The summed E-state index contributed by atoms with van der Waals surface area (Å²) >= 11 is 0. The summed E-state index contributed by atoms with van der Waals surface area (Å²) < 4.78 is 5.07. The summed E-state index contributed by atoms with van der Waals surface area (Å²) in [5.74, 6) is 0.736. The Balaban J connectivity index is 2.57. The molecule has 1 aliphatic rings. The number of hydrogen-bond acceptors (Lipinski definition) is 3. The summed E-state index contributed by atoms with van der Waals surface area (Å²) in [7, 11) is 1.67. The minimum absolute atomic E-state index is 0.0330. The maximum atomic E-state index is 12.4. The van der Waals surface area contributed by atoms with Gasteiger partial charge in [0.2, 0.25) is 5.91 Å². The van der Waals surface area contributed by atoms with Crippen LogP contribution < -0.4 is 5.73 Å². The molecule has 0 bridgehead atoms. The Kier molecular flexibility index (Phi) is 5.92. The van der Waals surface area contributed by atoms with E-state index in [1.54, 1.807) is 7.11 Å². The van der Waals surface area contributed by atoms with E-state index in [0.717, 1.165) is 25.8 Å². The summed E-state index contributed by atoms with van der Waals surface area (Å²) in [4.78, 5) is 14.3. The zero-order valence-corrected chi connectivity index (χ0v) is 11.3. The van der Waals surface area contributed by atoms with Gasteiger partial charge in [0.05, 0.1) is 12.5 Å². The van der Waals surface area contributed by atoms with Gasteiger partial charge in [-0.2, -0.15) is 0 Å². The van der Waals surface area contributed by atoms with E-state index in [1.165, 1.54) is 0 Å². The number of amides is 1. The van der Waals surface area contributed by atoms with Gasteiger partial charge >= 0.3 is 0 Å². The molecule has 1 amide bonds. The van der Waals surface area contributed by atoms with Crippen LogP contribution in [0, 0.1) is 11.8 Å². The van der Waals surface area contributed by atoms with Gasteiger partial charge in [-0.05, 0) is 18.8 Å². The van der Waals surface area contributed by atoms with E-state index in [0.29, 0.717) is 19.1 Å². The first-order valence-electron chi connectivity index (χ1n) is 6.59. The molecule has 17 heavy (non-hydrogen) atoms. The summed E-state index contributed by atoms with van der Waals surface area (Å²) in [5.41, 5.74) is 6.00. The van der Waals surface area contributed by atoms with Crippen LogP contribution in [0.1, 0.15) is 33.1 Å². The highest BCUT2D eigenvalue weighted by molar-refractivity contribution is 5.80. The zero-order chi connectivity index (χ0) is 12.8. The van der Waals surface area contributed by atoms with Crippen molar-refractivity contribution in [2.24, 2.45) is 17.6 Å². The predicted octanol–water partition coefficient (Wildman–Crippen LogP) is 1.24. The lowest BCUT2D eigenvalue weighted by Crippen LogP contribution is -2.44. The maximum Gasteiger partial charge on any atom is 0.227 e. The lowest BCUT2D eigenvalue weighted by molar-refractivity contribution is -0.136. The van der Waals surface area contributed by atoms with Crippen molar-refractivity contribution in [3.8, 4) is 0 Å². The third kappa shape index (κ3) is 4.28. The Hall–Kier alpha value is -0.610. The molecular formula is C13H26N2O2. The number of ether oxygens (including phenoxy) is 1. The van der Waals surface area contributed by atoms with Crippen LogP contribution in [0.5, 0.6) is 0 Å². The molecule has 0 aromatic carbocycles. The number of methoxy groups -OCH3 is 1. The van der Waals surface area contributed by atoms with E-state index in [-0.39, 0.29) is 17.9 Å². The van der Waals surface area contributed by atoms with Gasteiger partial charge < -0.3 is 15.4 Å². The van der Waals surface area contributed by atoms with Crippen LogP contribution in [-0.2, 0) is 9.53 Å². The number of nitrogens with two attached hydrogens (primary N) is 1. The molecule has 0 saturated heterocycles. The highest BCUT2D eigenvalue weighted by Crippen LogP contribution is 2.26. The SMILES string of the molecule is COCCN(CC(C)C)C(=O)C1CCCC1N. The fraction of sp³-hybridized carbons (Fsp3) is 0.923. The lowest BCUT2D eigenvalue weighted by Gasteiger charge is -2.28. The molecule has 100 valence electrons. The minimum atomic E-state index is 0.0330. The predicted molar refractivity (Wildman–Crippen MR) is 68.6 cm³/mol. The molecule has 0 radical (unpaired) electrons. The van der Waals surface area contributed by atoms with E-state index in [9.17, 15) is 4.79 Å². The summed E-state index contributed by atoms with van der Waals surface area (Å²) in [6.45, 7) is 6.33. The second kappa shape index (κ2) is 6.97. The monoisotopic (exact) mass is 242 g/mol. The van der Waals surface area contributed by atoms with Crippen molar-refractivity contribution >= 4 is 5.91 Å². The van der Waals surface area contributed by atoms with Gasteiger partial charge in [0.1, 0.15) is 0 Å². The Bertz CT molecular complexity index is 244. The van der Waals surface area contributed by atoms with Crippen LogP contribution in [-0.4, -0.2) is 43.7 Å². The fourth-order valence-corrected chi connectivity index (χ4v) is 2.46. The van der Waals surface area contributed by atoms with Crippen molar-refractivity contribution in [3.05, 3.63) is 0 Å². The molecule has 4 heteroatoms. The molecular weight excluding hydrogens is 216 g/mol. The van der Waals surface area contributed by atoms with Gasteiger partial charge in [-0.25, -0.2) is 0 Å². The van der Waals surface area contributed by atoms with Gasteiger partial charge in [-0.3, -0.25) is 4.79 Å². The van der Waals surface area contributed by atoms with Gasteiger partial charge in [0.15, 0.2) is 0 Å². The second-order valence-corrected chi connectivity index (χ2v) is 5.37. The van der Waals surface area contributed by atoms with Crippen LogP contribution in [0.15, 0.2) is 0 Å². The smallest absolute Gasteiger partial charge is 0.227 e. The summed E-state index contributed by atoms with van der Waals surface area (Å²) in [6, 6.07) is 0.0553. The first-order chi connectivity index (χ1) is 8.06. The van der Waals surface area contributed by atoms with Crippen LogP contribution >= 0.6 is 0 Å². The van der Waals surface area contributed by atoms with E-state index in [4.69, 9.17) is 10.5 Å². The van der Waals surface area contributed by atoms with Crippen molar-refractivity contribution in [2.75, 3.05) is 26.8 Å². The topological polar surface area (TPSA) is 55.6 Å². The number of nitrogens with zero attached hydrogens (tertiary/aromatic N) is 1. The lowest BCUT2D eigenvalue weighted by atomic mass is 10.0. The molecule has 0 heterocycles. The fourth-order valence-electron chi connectivity index (χ4n) is 2.46. The van der Waals surface area contributed by atoms with Crippen LogP contribution in [0.2, 0.25) is 0 Å². The molecule has 1 rings (SSSR count). The molecule has 2 atom stereocenters. The Labute approximate surface area is 104 Å². The Morgan fingerprint density at radius 3 is 2.65 bits per heavy atom. The molecule has 0 aromatic heterocycles. The molecule has 1 fully saturated rings. The number of carbonyl (C=O) groups excluding carboxylic acids is 1. The van der Waals surface area contributed by atoms with E-state index >= 15 is 0 Å². The van der Waals surface area contributed by atoms with E-state index in [1.807, 2.05) is 4.90 Å². The standard InChI is InChI=1S/C13H26N2O2/c1-10(2)9-15(7-8-17-3)13(16)11-5-4-6-12(11)14/h10-12H,4-9,14H2,1-3H3. The molecule has 0 spiro atoms. The van der Waals surface area contributed by atoms with Crippen molar-refractivity contribution in [1.29, 1.82) is 0 Å². The van der Waals surface area contributed by atoms with Crippen molar-refractivity contribution in [3.63, 3.8) is 0 Å². The number of hydrogen-bond donors (Lipinski definition) is 1. The van der Waals surface area contributed by atoms with Gasteiger partial charge in [-0.15, -0.1) is 0 Å². The van der Waals surface area contributed by atoms with E-state index < -0.39 is 0 Å².